The SMILES string of the molecule is CCCCCC(Br)(CC)C(=O)O. The molecule has 0 heterocycles. The standard InChI is InChI=1S/C9H17BrO2/c1-3-5-6-7-9(10,4-2)8(11)12/h3-7H2,1-2H3,(H,11,12). The summed E-state index contributed by atoms with van der Waals surface area (Å²) in [6.07, 6.45) is 4.60. The Morgan fingerprint density at radius 2 is 2.00 bits per heavy atom. The van der Waals surface area contributed by atoms with Gasteiger partial charge in [0.15, 0.2) is 0 Å². The van der Waals surface area contributed by atoms with Crippen LogP contribution in [0.4, 0.5) is 0 Å². The molecule has 0 rings (SSSR count). The number of rotatable bonds is 6. The molecule has 2 nitrogen and oxygen atoms in total. The van der Waals surface area contributed by atoms with Gasteiger partial charge in [-0.15, -0.1) is 0 Å². The number of carboxylic acid groups (broad SMARTS) is 1. The second kappa shape index (κ2) is 5.57. The second-order valence-electron chi connectivity index (χ2n) is 3.08. The van der Waals surface area contributed by atoms with Crippen LogP contribution in [0.1, 0.15) is 46.0 Å². The molecule has 0 amide bonds. The molecule has 0 aliphatic heterocycles. The molecule has 0 saturated heterocycles. The van der Waals surface area contributed by atoms with Gasteiger partial charge in [0, 0.05) is 0 Å². The van der Waals surface area contributed by atoms with Crippen LogP contribution in [0.5, 0.6) is 0 Å². The number of unbranched alkanes of at least 4 members (excludes halogenated alkanes) is 2. The Bertz CT molecular complexity index is 147. The molecule has 0 spiro atoms. The first kappa shape index (κ1) is 11.9. The number of hydrogen-bond donors (Lipinski definition) is 1. The van der Waals surface area contributed by atoms with Crippen molar-refractivity contribution < 1.29 is 9.90 Å². The lowest BCUT2D eigenvalue weighted by molar-refractivity contribution is -0.139. The van der Waals surface area contributed by atoms with Crippen LogP contribution < -0.4 is 0 Å². The highest BCUT2D eigenvalue weighted by molar-refractivity contribution is 9.10. The zero-order chi connectivity index (χ0) is 9.61. The van der Waals surface area contributed by atoms with E-state index >= 15 is 0 Å². The van der Waals surface area contributed by atoms with Crippen molar-refractivity contribution in [3.63, 3.8) is 0 Å². The van der Waals surface area contributed by atoms with Crippen molar-refractivity contribution in [3.8, 4) is 0 Å². The fourth-order valence-corrected chi connectivity index (χ4v) is 1.37. The fraction of sp³-hybridized carbons (Fsp3) is 0.889. The van der Waals surface area contributed by atoms with E-state index in [-0.39, 0.29) is 0 Å². The lowest BCUT2D eigenvalue weighted by Gasteiger charge is -2.20. The molecule has 0 bridgehead atoms. The summed E-state index contributed by atoms with van der Waals surface area (Å²) in [5.41, 5.74) is 0. The summed E-state index contributed by atoms with van der Waals surface area (Å²) in [5, 5.41) is 8.88. The van der Waals surface area contributed by atoms with Gasteiger partial charge in [0.05, 0.1) is 0 Å². The van der Waals surface area contributed by atoms with Crippen molar-refractivity contribution in [2.45, 2.75) is 50.3 Å². The molecule has 72 valence electrons. The first-order valence-corrected chi connectivity index (χ1v) is 5.28. The van der Waals surface area contributed by atoms with E-state index in [2.05, 4.69) is 22.9 Å². The van der Waals surface area contributed by atoms with Crippen LogP contribution in [-0.4, -0.2) is 15.4 Å². The first-order chi connectivity index (χ1) is 5.56. The van der Waals surface area contributed by atoms with Crippen molar-refractivity contribution in [1.29, 1.82) is 0 Å². The van der Waals surface area contributed by atoms with E-state index in [9.17, 15) is 4.79 Å². The minimum absolute atomic E-state index is 0.645. The van der Waals surface area contributed by atoms with Crippen molar-refractivity contribution in [1.82, 2.24) is 0 Å². The van der Waals surface area contributed by atoms with Gasteiger partial charge < -0.3 is 5.11 Å². The third-order valence-electron chi connectivity index (χ3n) is 2.12. The highest BCUT2D eigenvalue weighted by atomic mass is 79.9. The monoisotopic (exact) mass is 236 g/mol. The topological polar surface area (TPSA) is 37.3 Å². The third-order valence-corrected chi connectivity index (χ3v) is 3.42. The summed E-state index contributed by atoms with van der Waals surface area (Å²) in [4.78, 5) is 10.8. The van der Waals surface area contributed by atoms with Crippen molar-refractivity contribution >= 4 is 21.9 Å². The quantitative estimate of drug-likeness (QED) is 0.569. The van der Waals surface area contributed by atoms with E-state index in [4.69, 9.17) is 5.11 Å². The van der Waals surface area contributed by atoms with Crippen LogP contribution in [0.15, 0.2) is 0 Å². The number of hydrogen-bond acceptors (Lipinski definition) is 1. The van der Waals surface area contributed by atoms with Gasteiger partial charge in [-0.1, -0.05) is 49.0 Å². The molecule has 0 aromatic rings. The Morgan fingerprint density at radius 3 is 2.33 bits per heavy atom. The minimum Gasteiger partial charge on any atom is -0.480 e. The van der Waals surface area contributed by atoms with E-state index in [1.807, 2.05) is 6.92 Å². The molecule has 1 N–H and O–H groups in total. The average molecular weight is 237 g/mol. The third kappa shape index (κ3) is 3.57. The molecule has 3 heteroatoms. The highest BCUT2D eigenvalue weighted by Gasteiger charge is 2.32. The normalized spacial score (nSPS) is 15.6. The summed E-state index contributed by atoms with van der Waals surface area (Å²) in [5.74, 6) is -0.735. The highest BCUT2D eigenvalue weighted by Crippen LogP contribution is 2.29. The van der Waals surface area contributed by atoms with Crippen LogP contribution >= 0.6 is 15.9 Å². The Kier molecular flexibility index (Phi) is 5.55. The summed E-state index contributed by atoms with van der Waals surface area (Å²) >= 11 is 3.28. The van der Waals surface area contributed by atoms with E-state index < -0.39 is 10.3 Å². The van der Waals surface area contributed by atoms with Gasteiger partial charge in [-0.2, -0.15) is 0 Å². The van der Waals surface area contributed by atoms with Crippen LogP contribution in [-0.2, 0) is 4.79 Å². The molecule has 0 fully saturated rings. The van der Waals surface area contributed by atoms with Gasteiger partial charge in [0.25, 0.3) is 0 Å². The van der Waals surface area contributed by atoms with Crippen LogP contribution in [0, 0.1) is 0 Å². The molecule has 0 aliphatic rings. The smallest absolute Gasteiger partial charge is 0.320 e. The summed E-state index contributed by atoms with van der Waals surface area (Å²) in [6.45, 7) is 4.01. The Balaban J connectivity index is 3.88. The fourth-order valence-electron chi connectivity index (χ4n) is 1.09. The van der Waals surface area contributed by atoms with Crippen molar-refractivity contribution in [2.24, 2.45) is 0 Å². The molecule has 0 saturated carbocycles. The van der Waals surface area contributed by atoms with Gasteiger partial charge in [0.1, 0.15) is 4.32 Å². The van der Waals surface area contributed by atoms with E-state index in [1.165, 1.54) is 0 Å². The zero-order valence-corrected chi connectivity index (χ0v) is 9.35. The second-order valence-corrected chi connectivity index (χ2v) is 4.60. The van der Waals surface area contributed by atoms with Gasteiger partial charge in [-0.3, -0.25) is 4.79 Å². The Labute approximate surface area is 82.5 Å². The van der Waals surface area contributed by atoms with Gasteiger partial charge in [-0.25, -0.2) is 0 Å². The zero-order valence-electron chi connectivity index (χ0n) is 7.77. The number of carboxylic acids is 1. The molecular formula is C9H17BrO2. The maximum Gasteiger partial charge on any atom is 0.320 e. The number of aliphatic carboxylic acids is 1. The molecular weight excluding hydrogens is 220 g/mol. The van der Waals surface area contributed by atoms with Crippen LogP contribution in [0.3, 0.4) is 0 Å². The predicted octanol–water partition coefficient (Wildman–Crippen LogP) is 3.20. The minimum atomic E-state index is -0.735. The van der Waals surface area contributed by atoms with Gasteiger partial charge in [-0.05, 0) is 12.8 Å². The van der Waals surface area contributed by atoms with Crippen molar-refractivity contribution in [2.75, 3.05) is 0 Å². The average Bonchev–Trinajstić information content (AvgIpc) is 2.04. The summed E-state index contributed by atoms with van der Waals surface area (Å²) in [7, 11) is 0. The molecule has 0 aromatic heterocycles. The summed E-state index contributed by atoms with van der Waals surface area (Å²) in [6, 6.07) is 0. The Hall–Kier alpha value is -0.0500. The predicted molar refractivity (Wildman–Crippen MR) is 53.7 cm³/mol. The van der Waals surface area contributed by atoms with E-state index in [1.54, 1.807) is 0 Å². The lowest BCUT2D eigenvalue weighted by atomic mass is 9.99. The molecule has 12 heavy (non-hydrogen) atoms. The van der Waals surface area contributed by atoms with Crippen LogP contribution in [0.25, 0.3) is 0 Å². The lowest BCUT2D eigenvalue weighted by Crippen LogP contribution is -2.30. The maximum absolute atomic E-state index is 10.8. The maximum atomic E-state index is 10.8. The number of carbonyl (C=O) groups is 1. The van der Waals surface area contributed by atoms with E-state index in [0.29, 0.717) is 6.42 Å². The molecule has 0 radical (unpaired) electrons. The molecule has 1 atom stereocenters. The number of halogens is 1. The Morgan fingerprint density at radius 1 is 1.42 bits per heavy atom. The summed E-state index contributed by atoms with van der Waals surface area (Å²) < 4.78 is -0.678. The van der Waals surface area contributed by atoms with E-state index in [0.717, 1.165) is 25.7 Å². The van der Waals surface area contributed by atoms with Gasteiger partial charge in [0.2, 0.25) is 0 Å². The molecule has 0 aromatic carbocycles. The molecule has 1 unspecified atom stereocenters. The first-order valence-electron chi connectivity index (χ1n) is 4.49. The van der Waals surface area contributed by atoms with Crippen molar-refractivity contribution in [3.05, 3.63) is 0 Å². The number of alkyl halides is 1. The van der Waals surface area contributed by atoms with Gasteiger partial charge >= 0.3 is 5.97 Å². The largest absolute Gasteiger partial charge is 0.480 e. The van der Waals surface area contributed by atoms with Crippen LogP contribution in [0.2, 0.25) is 0 Å². The molecule has 0 aliphatic carbocycles.